The second-order valence-corrected chi connectivity index (χ2v) is 4.15. The lowest BCUT2D eigenvalue weighted by atomic mass is 10.0. The molecular formula is C13H14Cl2N2O. The van der Waals surface area contributed by atoms with Gasteiger partial charge in [-0.15, -0.1) is 12.4 Å². The van der Waals surface area contributed by atoms with E-state index in [1.54, 1.807) is 12.3 Å². The Balaban J connectivity index is 0.00000162. The predicted molar refractivity (Wildman–Crippen MR) is 75.9 cm³/mol. The van der Waals surface area contributed by atoms with Gasteiger partial charge in [0.1, 0.15) is 0 Å². The molecule has 0 aliphatic heterocycles. The summed E-state index contributed by atoms with van der Waals surface area (Å²) in [5.74, 6) is 0. The van der Waals surface area contributed by atoms with E-state index in [-0.39, 0.29) is 19.0 Å². The molecule has 1 heterocycles. The summed E-state index contributed by atoms with van der Waals surface area (Å²) >= 11 is 6.14. The summed E-state index contributed by atoms with van der Waals surface area (Å²) in [4.78, 5) is 4.25. The Morgan fingerprint density at radius 2 is 2.06 bits per heavy atom. The molecule has 2 rings (SSSR count). The number of hydrogen-bond acceptors (Lipinski definition) is 3. The van der Waals surface area contributed by atoms with Gasteiger partial charge in [0.2, 0.25) is 0 Å². The highest BCUT2D eigenvalue weighted by Gasteiger charge is 2.09. The number of benzene rings is 1. The maximum absolute atomic E-state index is 9.05. The molecule has 1 aromatic carbocycles. The first-order valence-corrected chi connectivity index (χ1v) is 5.67. The maximum Gasteiger partial charge on any atom is 0.0717 e. The second kappa shape index (κ2) is 6.71. The maximum atomic E-state index is 9.05. The normalized spacial score (nSPS) is 11.7. The van der Waals surface area contributed by atoms with Crippen molar-refractivity contribution in [1.29, 1.82) is 0 Å². The summed E-state index contributed by atoms with van der Waals surface area (Å²) in [5, 5.41) is 9.67. The van der Waals surface area contributed by atoms with Crippen molar-refractivity contribution in [3.05, 3.63) is 53.2 Å². The van der Waals surface area contributed by atoms with Crippen molar-refractivity contribution < 1.29 is 5.11 Å². The minimum atomic E-state index is -0.394. The summed E-state index contributed by atoms with van der Waals surface area (Å²) in [6.07, 6.45) is 1.71. The first-order valence-electron chi connectivity index (χ1n) is 5.29. The number of pyridine rings is 1. The molecule has 0 saturated heterocycles. The van der Waals surface area contributed by atoms with Gasteiger partial charge in [-0.05, 0) is 29.8 Å². The zero-order chi connectivity index (χ0) is 12.3. The van der Waals surface area contributed by atoms with Gasteiger partial charge in [-0.3, -0.25) is 4.98 Å². The average Bonchev–Trinajstić information content (AvgIpc) is 2.39. The van der Waals surface area contributed by atoms with Gasteiger partial charge in [-0.1, -0.05) is 23.7 Å². The quantitative estimate of drug-likeness (QED) is 0.911. The number of aliphatic hydroxyl groups is 1. The lowest BCUT2D eigenvalue weighted by Gasteiger charge is -2.11. The number of hydrogen-bond donors (Lipinski definition) is 2. The Bertz CT molecular complexity index is 506. The van der Waals surface area contributed by atoms with Gasteiger partial charge in [-0.2, -0.15) is 0 Å². The standard InChI is InChI=1S/C13H13ClN2O.ClH/c14-11-5-4-9(12(15)8-17)7-10(11)13-3-1-2-6-16-13;/h1-7,12,17H,8,15H2;1H. The van der Waals surface area contributed by atoms with E-state index in [0.717, 1.165) is 16.8 Å². The molecule has 2 aromatic rings. The minimum absolute atomic E-state index is 0. The monoisotopic (exact) mass is 284 g/mol. The van der Waals surface area contributed by atoms with Crippen LogP contribution in [-0.4, -0.2) is 16.7 Å². The number of aromatic nitrogens is 1. The molecule has 0 saturated carbocycles. The van der Waals surface area contributed by atoms with Gasteiger partial charge in [-0.25, -0.2) is 0 Å². The van der Waals surface area contributed by atoms with Crippen LogP contribution in [0, 0.1) is 0 Å². The second-order valence-electron chi connectivity index (χ2n) is 3.74. The highest BCUT2D eigenvalue weighted by Crippen LogP contribution is 2.28. The Labute approximate surface area is 117 Å². The lowest BCUT2D eigenvalue weighted by Crippen LogP contribution is -2.14. The van der Waals surface area contributed by atoms with E-state index in [0.29, 0.717) is 5.02 Å². The van der Waals surface area contributed by atoms with Crippen LogP contribution in [0.15, 0.2) is 42.6 Å². The molecule has 0 fully saturated rings. The van der Waals surface area contributed by atoms with Crippen LogP contribution in [0.4, 0.5) is 0 Å². The van der Waals surface area contributed by atoms with Crippen molar-refractivity contribution in [3.63, 3.8) is 0 Å². The third kappa shape index (κ3) is 3.21. The van der Waals surface area contributed by atoms with E-state index < -0.39 is 6.04 Å². The first-order chi connectivity index (χ1) is 8.22. The molecule has 1 aromatic heterocycles. The van der Waals surface area contributed by atoms with Crippen LogP contribution in [0.25, 0.3) is 11.3 Å². The van der Waals surface area contributed by atoms with Crippen LogP contribution in [0.5, 0.6) is 0 Å². The molecule has 0 spiro atoms. The smallest absolute Gasteiger partial charge is 0.0717 e. The molecule has 0 aliphatic rings. The lowest BCUT2D eigenvalue weighted by molar-refractivity contribution is 0.268. The molecule has 3 nitrogen and oxygen atoms in total. The van der Waals surface area contributed by atoms with Gasteiger partial charge in [0.05, 0.1) is 18.3 Å². The highest BCUT2D eigenvalue weighted by atomic mass is 35.5. The molecule has 1 unspecified atom stereocenters. The molecule has 18 heavy (non-hydrogen) atoms. The van der Waals surface area contributed by atoms with Crippen molar-refractivity contribution in [2.75, 3.05) is 6.61 Å². The largest absolute Gasteiger partial charge is 0.394 e. The van der Waals surface area contributed by atoms with Crippen molar-refractivity contribution in [3.8, 4) is 11.3 Å². The molecule has 0 radical (unpaired) electrons. The van der Waals surface area contributed by atoms with Crippen LogP contribution in [0.3, 0.4) is 0 Å². The number of halogens is 2. The fraction of sp³-hybridized carbons (Fsp3) is 0.154. The summed E-state index contributed by atoms with van der Waals surface area (Å²) in [6.45, 7) is -0.0940. The molecule has 0 aliphatic carbocycles. The van der Waals surface area contributed by atoms with Gasteiger partial charge in [0.25, 0.3) is 0 Å². The van der Waals surface area contributed by atoms with Crippen LogP contribution in [0.2, 0.25) is 5.02 Å². The Morgan fingerprint density at radius 1 is 1.28 bits per heavy atom. The number of nitrogens with zero attached hydrogens (tertiary/aromatic N) is 1. The van der Waals surface area contributed by atoms with Crippen LogP contribution in [0.1, 0.15) is 11.6 Å². The predicted octanol–water partition coefficient (Wildman–Crippen LogP) is 2.82. The first kappa shape index (κ1) is 14.9. The number of aliphatic hydroxyl groups excluding tert-OH is 1. The van der Waals surface area contributed by atoms with E-state index in [1.165, 1.54) is 0 Å². The van der Waals surface area contributed by atoms with Gasteiger partial charge < -0.3 is 10.8 Å². The van der Waals surface area contributed by atoms with Crippen LogP contribution < -0.4 is 5.73 Å². The van der Waals surface area contributed by atoms with Crippen molar-refractivity contribution in [2.24, 2.45) is 5.73 Å². The molecule has 1 atom stereocenters. The zero-order valence-electron chi connectivity index (χ0n) is 9.58. The van der Waals surface area contributed by atoms with E-state index in [4.69, 9.17) is 22.4 Å². The molecule has 0 amide bonds. The Kier molecular flexibility index (Phi) is 5.56. The van der Waals surface area contributed by atoms with Gasteiger partial charge >= 0.3 is 0 Å². The van der Waals surface area contributed by atoms with Crippen molar-refractivity contribution in [2.45, 2.75) is 6.04 Å². The number of rotatable bonds is 3. The van der Waals surface area contributed by atoms with E-state index in [9.17, 15) is 0 Å². The van der Waals surface area contributed by atoms with Crippen molar-refractivity contribution in [1.82, 2.24) is 4.98 Å². The summed E-state index contributed by atoms with van der Waals surface area (Å²) in [5.41, 5.74) is 8.25. The summed E-state index contributed by atoms with van der Waals surface area (Å²) in [6, 6.07) is 10.7. The molecule has 96 valence electrons. The molecule has 0 bridgehead atoms. The average molecular weight is 285 g/mol. The summed E-state index contributed by atoms with van der Waals surface area (Å²) < 4.78 is 0. The fourth-order valence-electron chi connectivity index (χ4n) is 1.60. The molecule has 5 heteroatoms. The third-order valence-electron chi connectivity index (χ3n) is 2.56. The highest BCUT2D eigenvalue weighted by molar-refractivity contribution is 6.33. The SMILES string of the molecule is Cl.NC(CO)c1ccc(Cl)c(-c2ccccn2)c1. The van der Waals surface area contributed by atoms with E-state index >= 15 is 0 Å². The summed E-state index contributed by atoms with van der Waals surface area (Å²) in [7, 11) is 0. The van der Waals surface area contributed by atoms with E-state index in [1.807, 2.05) is 30.3 Å². The van der Waals surface area contributed by atoms with E-state index in [2.05, 4.69) is 4.98 Å². The minimum Gasteiger partial charge on any atom is -0.394 e. The van der Waals surface area contributed by atoms with Crippen LogP contribution >= 0.6 is 24.0 Å². The van der Waals surface area contributed by atoms with Gasteiger partial charge in [0.15, 0.2) is 0 Å². The van der Waals surface area contributed by atoms with Gasteiger partial charge in [0, 0.05) is 16.8 Å². The van der Waals surface area contributed by atoms with Crippen LogP contribution in [-0.2, 0) is 0 Å². The molecular weight excluding hydrogens is 271 g/mol. The van der Waals surface area contributed by atoms with Crippen molar-refractivity contribution >= 4 is 24.0 Å². The Morgan fingerprint density at radius 3 is 2.67 bits per heavy atom. The zero-order valence-corrected chi connectivity index (χ0v) is 11.2. The number of nitrogens with two attached hydrogens (primary N) is 1. The third-order valence-corrected chi connectivity index (χ3v) is 2.89. The fourth-order valence-corrected chi connectivity index (χ4v) is 1.81. The molecule has 3 N–H and O–H groups in total. The Hall–Kier alpha value is -1.13. The topological polar surface area (TPSA) is 59.1 Å².